The van der Waals surface area contributed by atoms with Crippen LogP contribution < -0.4 is 0 Å². The highest BCUT2D eigenvalue weighted by molar-refractivity contribution is 9.09. The molecule has 0 aliphatic heterocycles. The molecule has 0 spiro atoms. The van der Waals surface area contributed by atoms with Crippen LogP contribution in [0.25, 0.3) is 0 Å². The second-order valence-electron chi connectivity index (χ2n) is 3.11. The summed E-state index contributed by atoms with van der Waals surface area (Å²) in [4.78, 5) is 11.7. The Hall–Kier alpha value is -0.480. The van der Waals surface area contributed by atoms with Crippen LogP contribution in [0.5, 0.6) is 0 Å². The largest absolute Gasteiger partial charge is 0.481 e. The molecular formula is C11H13BrO2S. The molecule has 1 rings (SSSR count). The van der Waals surface area contributed by atoms with Crippen LogP contribution in [0.3, 0.4) is 0 Å². The van der Waals surface area contributed by atoms with Crippen molar-refractivity contribution in [3.8, 4) is 0 Å². The normalized spacial score (nSPS) is 10.2. The number of carboxylic acid groups (broad SMARTS) is 1. The van der Waals surface area contributed by atoms with E-state index in [0.717, 1.165) is 23.1 Å². The molecule has 0 aliphatic carbocycles. The van der Waals surface area contributed by atoms with Gasteiger partial charge in [-0.15, -0.1) is 11.8 Å². The summed E-state index contributed by atoms with van der Waals surface area (Å²) in [7, 11) is 0. The third-order valence-electron chi connectivity index (χ3n) is 1.83. The number of aliphatic carboxylic acids is 1. The van der Waals surface area contributed by atoms with E-state index in [0.29, 0.717) is 0 Å². The van der Waals surface area contributed by atoms with E-state index in [1.165, 1.54) is 4.90 Å². The van der Waals surface area contributed by atoms with Crippen molar-refractivity contribution in [3.05, 3.63) is 29.8 Å². The average Bonchev–Trinajstić information content (AvgIpc) is 2.20. The van der Waals surface area contributed by atoms with Crippen LogP contribution in [0.1, 0.15) is 12.0 Å². The zero-order valence-corrected chi connectivity index (χ0v) is 10.7. The summed E-state index contributed by atoms with van der Waals surface area (Å²) in [6.45, 7) is 0. The second kappa shape index (κ2) is 6.90. The van der Waals surface area contributed by atoms with Crippen molar-refractivity contribution < 1.29 is 9.90 Å². The molecule has 1 aromatic carbocycles. The molecule has 0 bridgehead atoms. The third kappa shape index (κ3) is 5.23. The number of benzene rings is 1. The van der Waals surface area contributed by atoms with Crippen molar-refractivity contribution in [3.63, 3.8) is 0 Å². The van der Waals surface area contributed by atoms with E-state index in [-0.39, 0.29) is 6.42 Å². The Morgan fingerprint density at radius 3 is 2.53 bits per heavy atom. The van der Waals surface area contributed by atoms with Crippen molar-refractivity contribution in [2.24, 2.45) is 0 Å². The van der Waals surface area contributed by atoms with E-state index in [2.05, 4.69) is 15.9 Å². The molecule has 0 aromatic heterocycles. The topological polar surface area (TPSA) is 37.3 Å². The first kappa shape index (κ1) is 12.6. The molecule has 0 atom stereocenters. The van der Waals surface area contributed by atoms with E-state index < -0.39 is 5.97 Å². The van der Waals surface area contributed by atoms with Crippen LogP contribution in [0.15, 0.2) is 29.2 Å². The van der Waals surface area contributed by atoms with Crippen molar-refractivity contribution in [1.82, 2.24) is 0 Å². The van der Waals surface area contributed by atoms with Crippen molar-refractivity contribution in [2.45, 2.75) is 17.7 Å². The fraction of sp³-hybridized carbons (Fsp3) is 0.364. The van der Waals surface area contributed by atoms with Crippen LogP contribution in [-0.4, -0.2) is 22.2 Å². The molecule has 2 nitrogen and oxygen atoms in total. The molecule has 0 saturated carbocycles. The van der Waals surface area contributed by atoms with E-state index in [1.54, 1.807) is 11.8 Å². The lowest BCUT2D eigenvalue weighted by atomic mass is 10.2. The zero-order valence-electron chi connectivity index (χ0n) is 8.28. The Labute approximate surface area is 102 Å². The zero-order chi connectivity index (χ0) is 11.1. The maximum Gasteiger partial charge on any atom is 0.307 e. The van der Waals surface area contributed by atoms with Gasteiger partial charge in [-0.25, -0.2) is 0 Å². The van der Waals surface area contributed by atoms with E-state index in [9.17, 15) is 4.79 Å². The molecular weight excluding hydrogens is 276 g/mol. The summed E-state index contributed by atoms with van der Waals surface area (Å²) >= 11 is 5.18. The van der Waals surface area contributed by atoms with Crippen LogP contribution in [0, 0.1) is 0 Å². The minimum absolute atomic E-state index is 0.104. The van der Waals surface area contributed by atoms with Crippen LogP contribution in [0.2, 0.25) is 0 Å². The summed E-state index contributed by atoms with van der Waals surface area (Å²) in [6.07, 6.45) is 1.24. The van der Waals surface area contributed by atoms with Crippen molar-refractivity contribution in [2.75, 3.05) is 11.1 Å². The molecule has 1 aromatic rings. The summed E-state index contributed by atoms with van der Waals surface area (Å²) < 4.78 is 0. The predicted molar refractivity (Wildman–Crippen MR) is 66.9 cm³/mol. The second-order valence-corrected chi connectivity index (χ2v) is 5.07. The van der Waals surface area contributed by atoms with E-state index >= 15 is 0 Å². The van der Waals surface area contributed by atoms with Gasteiger partial charge in [0.05, 0.1) is 6.42 Å². The van der Waals surface area contributed by atoms with Gasteiger partial charge in [-0.1, -0.05) is 28.1 Å². The van der Waals surface area contributed by atoms with Crippen molar-refractivity contribution in [1.29, 1.82) is 0 Å². The lowest BCUT2D eigenvalue weighted by Gasteiger charge is -2.01. The first-order valence-electron chi connectivity index (χ1n) is 4.72. The Balaban J connectivity index is 2.45. The van der Waals surface area contributed by atoms with E-state index in [1.807, 2.05) is 24.3 Å². The van der Waals surface area contributed by atoms with Gasteiger partial charge in [0.25, 0.3) is 0 Å². The van der Waals surface area contributed by atoms with E-state index in [4.69, 9.17) is 5.11 Å². The Kier molecular flexibility index (Phi) is 5.79. The molecule has 0 radical (unpaired) electrons. The fourth-order valence-corrected chi connectivity index (χ4v) is 2.63. The first-order chi connectivity index (χ1) is 7.22. The Morgan fingerprint density at radius 2 is 2.00 bits per heavy atom. The monoisotopic (exact) mass is 288 g/mol. The molecule has 0 saturated heterocycles. The van der Waals surface area contributed by atoms with Gasteiger partial charge >= 0.3 is 5.97 Å². The van der Waals surface area contributed by atoms with Crippen LogP contribution >= 0.6 is 27.7 Å². The van der Waals surface area contributed by atoms with Gasteiger partial charge in [0, 0.05) is 10.2 Å². The van der Waals surface area contributed by atoms with Gasteiger partial charge in [-0.05, 0) is 29.9 Å². The molecule has 0 amide bonds. The molecule has 15 heavy (non-hydrogen) atoms. The number of carboxylic acids is 1. The first-order valence-corrected chi connectivity index (χ1v) is 6.82. The van der Waals surface area contributed by atoms with Gasteiger partial charge in [0.2, 0.25) is 0 Å². The number of halogens is 1. The SMILES string of the molecule is O=C(O)Cc1ccc(SCCCBr)cc1. The van der Waals surface area contributed by atoms with Gasteiger partial charge < -0.3 is 5.11 Å². The quantitative estimate of drug-likeness (QED) is 0.496. The van der Waals surface area contributed by atoms with Gasteiger partial charge in [-0.3, -0.25) is 4.79 Å². The number of hydrogen-bond donors (Lipinski definition) is 1. The Bertz CT molecular complexity index is 311. The van der Waals surface area contributed by atoms with Crippen molar-refractivity contribution >= 4 is 33.7 Å². The lowest BCUT2D eigenvalue weighted by molar-refractivity contribution is -0.136. The summed E-state index contributed by atoms with van der Waals surface area (Å²) in [5.41, 5.74) is 0.854. The summed E-state index contributed by atoms with van der Waals surface area (Å²) in [6, 6.07) is 7.73. The predicted octanol–water partition coefficient (Wildman–Crippen LogP) is 3.19. The number of thioether (sulfide) groups is 1. The third-order valence-corrected chi connectivity index (χ3v) is 3.48. The van der Waals surface area contributed by atoms with Crippen LogP contribution in [-0.2, 0) is 11.2 Å². The molecule has 4 heteroatoms. The molecule has 0 fully saturated rings. The highest BCUT2D eigenvalue weighted by Gasteiger charge is 2.00. The molecule has 0 aliphatic rings. The minimum Gasteiger partial charge on any atom is -0.481 e. The smallest absolute Gasteiger partial charge is 0.307 e. The number of carbonyl (C=O) groups is 1. The fourth-order valence-electron chi connectivity index (χ4n) is 1.12. The van der Waals surface area contributed by atoms with Gasteiger partial charge in [0.1, 0.15) is 0 Å². The minimum atomic E-state index is -0.783. The van der Waals surface area contributed by atoms with Gasteiger partial charge in [-0.2, -0.15) is 0 Å². The average molecular weight is 289 g/mol. The van der Waals surface area contributed by atoms with Crippen LogP contribution in [0.4, 0.5) is 0 Å². The lowest BCUT2D eigenvalue weighted by Crippen LogP contribution is -1.99. The molecule has 82 valence electrons. The maximum absolute atomic E-state index is 10.5. The number of rotatable bonds is 6. The highest BCUT2D eigenvalue weighted by Crippen LogP contribution is 2.19. The molecule has 0 heterocycles. The highest BCUT2D eigenvalue weighted by atomic mass is 79.9. The molecule has 0 unspecified atom stereocenters. The maximum atomic E-state index is 10.5. The summed E-state index contributed by atoms with van der Waals surface area (Å²) in [5.74, 6) is 0.304. The standard InChI is InChI=1S/C11H13BrO2S/c12-6-1-7-15-10-4-2-9(3-5-10)8-11(13)14/h2-5H,1,6-8H2,(H,13,14). The van der Waals surface area contributed by atoms with Gasteiger partial charge in [0.15, 0.2) is 0 Å². The summed E-state index contributed by atoms with van der Waals surface area (Å²) in [5, 5.41) is 9.62. The number of hydrogen-bond acceptors (Lipinski definition) is 2. The molecule has 1 N–H and O–H groups in total. The number of alkyl halides is 1. The Morgan fingerprint density at radius 1 is 1.33 bits per heavy atom.